The van der Waals surface area contributed by atoms with Crippen molar-refractivity contribution >= 4 is 32.7 Å². The van der Waals surface area contributed by atoms with Crippen molar-refractivity contribution in [3.63, 3.8) is 0 Å². The molecule has 0 spiro atoms. The van der Waals surface area contributed by atoms with Gasteiger partial charge in [0, 0.05) is 6.54 Å². The molecule has 0 aliphatic rings. The summed E-state index contributed by atoms with van der Waals surface area (Å²) in [5.74, 6) is 0. The normalized spacial score (nSPS) is 11.4. The fraction of sp³-hybridized carbons (Fsp3) is 0.0909. The van der Waals surface area contributed by atoms with Gasteiger partial charge in [0.05, 0.1) is 16.3 Å². The van der Waals surface area contributed by atoms with Crippen LogP contribution in [0.5, 0.6) is 0 Å². The summed E-state index contributed by atoms with van der Waals surface area (Å²) >= 11 is 1.62. The van der Waals surface area contributed by atoms with Crippen LogP contribution in [0.1, 0.15) is 5.56 Å². The molecule has 0 unspecified atom stereocenters. The van der Waals surface area contributed by atoms with Crippen molar-refractivity contribution in [1.82, 2.24) is 0 Å². The van der Waals surface area contributed by atoms with Gasteiger partial charge in [-0.05, 0) is 40.6 Å². The van der Waals surface area contributed by atoms with Crippen molar-refractivity contribution < 1.29 is 8.42 Å². The van der Waals surface area contributed by atoms with E-state index in [-0.39, 0.29) is 4.90 Å². The van der Waals surface area contributed by atoms with Crippen LogP contribution in [0.25, 0.3) is 0 Å². The Morgan fingerprint density at radius 1 is 1.28 bits per heavy atom. The Bertz CT molecular complexity index is 636. The first-order valence-electron chi connectivity index (χ1n) is 5.14. The van der Waals surface area contributed by atoms with Crippen LogP contribution in [0.4, 0.5) is 11.4 Å². The van der Waals surface area contributed by atoms with Gasteiger partial charge in [0.15, 0.2) is 0 Å². The van der Waals surface area contributed by atoms with Crippen LogP contribution < -0.4 is 16.2 Å². The van der Waals surface area contributed by atoms with E-state index < -0.39 is 10.0 Å². The molecule has 96 valence electrons. The molecule has 5 N–H and O–H groups in total. The zero-order valence-corrected chi connectivity index (χ0v) is 11.1. The Labute approximate surface area is 109 Å². The Balaban J connectivity index is 2.15. The molecule has 0 saturated heterocycles. The third-order valence-corrected chi connectivity index (χ3v) is 4.06. The van der Waals surface area contributed by atoms with Crippen molar-refractivity contribution in [1.29, 1.82) is 0 Å². The second kappa shape index (κ2) is 4.97. The molecule has 7 heteroatoms. The standard InChI is InChI=1S/C11H13N3O2S2/c12-10-5-9(18(13,15)16)1-2-11(10)14-6-8-3-4-17-7-8/h1-5,7,14H,6,12H2,(H2,13,15,16). The number of nitrogens with two attached hydrogens (primary N) is 2. The van der Waals surface area contributed by atoms with Crippen LogP contribution in [0.2, 0.25) is 0 Å². The van der Waals surface area contributed by atoms with E-state index in [1.165, 1.54) is 12.1 Å². The summed E-state index contributed by atoms with van der Waals surface area (Å²) in [5, 5.41) is 12.2. The summed E-state index contributed by atoms with van der Waals surface area (Å²) in [6, 6.07) is 6.40. The molecule has 0 radical (unpaired) electrons. The molecular formula is C11H13N3O2S2. The summed E-state index contributed by atoms with van der Waals surface area (Å²) in [4.78, 5) is 0.0149. The molecule has 1 heterocycles. The minimum Gasteiger partial charge on any atom is -0.397 e. The largest absolute Gasteiger partial charge is 0.397 e. The van der Waals surface area contributed by atoms with Crippen molar-refractivity contribution in [3.8, 4) is 0 Å². The van der Waals surface area contributed by atoms with Crippen molar-refractivity contribution in [2.45, 2.75) is 11.4 Å². The molecular weight excluding hydrogens is 270 g/mol. The van der Waals surface area contributed by atoms with Gasteiger partial charge in [-0.3, -0.25) is 0 Å². The Kier molecular flexibility index (Phi) is 3.55. The molecule has 1 aromatic carbocycles. The zero-order valence-electron chi connectivity index (χ0n) is 9.46. The molecule has 0 bridgehead atoms. The molecule has 0 saturated carbocycles. The number of hydrogen-bond donors (Lipinski definition) is 3. The van der Waals surface area contributed by atoms with Gasteiger partial charge in [0.1, 0.15) is 0 Å². The lowest BCUT2D eigenvalue weighted by molar-refractivity contribution is 0.598. The molecule has 0 aliphatic heterocycles. The van der Waals surface area contributed by atoms with Crippen LogP contribution in [0.15, 0.2) is 39.9 Å². The number of anilines is 2. The van der Waals surface area contributed by atoms with E-state index in [0.717, 1.165) is 5.56 Å². The van der Waals surface area contributed by atoms with Gasteiger partial charge in [-0.2, -0.15) is 11.3 Å². The van der Waals surface area contributed by atoms with Crippen LogP contribution >= 0.6 is 11.3 Å². The first kappa shape index (κ1) is 12.9. The minimum atomic E-state index is -3.71. The first-order chi connectivity index (χ1) is 8.47. The summed E-state index contributed by atoms with van der Waals surface area (Å²) in [7, 11) is -3.71. The fourth-order valence-corrected chi connectivity index (χ4v) is 2.69. The summed E-state index contributed by atoms with van der Waals surface area (Å²) in [5.41, 5.74) is 7.97. The highest BCUT2D eigenvalue weighted by atomic mass is 32.2. The second-order valence-corrected chi connectivity index (χ2v) is 6.12. The Hall–Kier alpha value is -1.57. The number of nitrogen functional groups attached to an aromatic ring is 1. The monoisotopic (exact) mass is 283 g/mol. The van der Waals surface area contributed by atoms with Gasteiger partial charge in [0.2, 0.25) is 10.0 Å². The van der Waals surface area contributed by atoms with E-state index in [1.807, 2.05) is 16.8 Å². The third-order valence-electron chi connectivity index (χ3n) is 2.41. The third kappa shape index (κ3) is 3.00. The summed E-state index contributed by atoms with van der Waals surface area (Å²) in [6.07, 6.45) is 0. The number of hydrogen-bond acceptors (Lipinski definition) is 5. The Morgan fingerprint density at radius 3 is 2.61 bits per heavy atom. The average molecular weight is 283 g/mol. The van der Waals surface area contributed by atoms with E-state index in [0.29, 0.717) is 17.9 Å². The number of thiophene rings is 1. The highest BCUT2D eigenvalue weighted by Gasteiger charge is 2.09. The number of sulfonamides is 1. The average Bonchev–Trinajstić information content (AvgIpc) is 2.79. The van der Waals surface area contributed by atoms with Gasteiger partial charge in [0.25, 0.3) is 0 Å². The quantitative estimate of drug-likeness (QED) is 0.742. The molecule has 1 aromatic heterocycles. The summed E-state index contributed by atoms with van der Waals surface area (Å²) < 4.78 is 22.3. The lowest BCUT2D eigenvalue weighted by atomic mass is 10.2. The molecule has 0 amide bonds. The number of primary sulfonamides is 1. The highest BCUT2D eigenvalue weighted by molar-refractivity contribution is 7.89. The van der Waals surface area contributed by atoms with Crippen molar-refractivity contribution in [2.75, 3.05) is 11.1 Å². The van der Waals surface area contributed by atoms with Crippen LogP contribution in [-0.4, -0.2) is 8.42 Å². The molecule has 0 aliphatic carbocycles. The molecule has 18 heavy (non-hydrogen) atoms. The van der Waals surface area contributed by atoms with Crippen LogP contribution in [0.3, 0.4) is 0 Å². The van der Waals surface area contributed by atoms with Gasteiger partial charge in [-0.25, -0.2) is 13.6 Å². The Morgan fingerprint density at radius 2 is 2.06 bits per heavy atom. The van der Waals surface area contributed by atoms with Crippen LogP contribution in [-0.2, 0) is 16.6 Å². The molecule has 0 fully saturated rings. The van der Waals surface area contributed by atoms with Gasteiger partial charge < -0.3 is 11.1 Å². The molecule has 0 atom stereocenters. The number of rotatable bonds is 4. The lowest BCUT2D eigenvalue weighted by Gasteiger charge is -2.09. The number of benzene rings is 1. The van der Waals surface area contributed by atoms with Crippen LogP contribution in [0, 0.1) is 0 Å². The zero-order chi connectivity index (χ0) is 13.2. The van der Waals surface area contributed by atoms with Crippen molar-refractivity contribution in [3.05, 3.63) is 40.6 Å². The number of nitrogens with one attached hydrogen (secondary N) is 1. The predicted octanol–water partition coefficient (Wildman–Crippen LogP) is 1.59. The predicted molar refractivity (Wildman–Crippen MR) is 73.9 cm³/mol. The van der Waals surface area contributed by atoms with Gasteiger partial charge in [-0.1, -0.05) is 0 Å². The van der Waals surface area contributed by atoms with E-state index >= 15 is 0 Å². The minimum absolute atomic E-state index is 0.0149. The highest BCUT2D eigenvalue weighted by Crippen LogP contribution is 2.22. The smallest absolute Gasteiger partial charge is 0.238 e. The van der Waals surface area contributed by atoms with E-state index in [9.17, 15) is 8.42 Å². The molecule has 2 aromatic rings. The maximum absolute atomic E-state index is 11.1. The molecule has 5 nitrogen and oxygen atoms in total. The lowest BCUT2D eigenvalue weighted by Crippen LogP contribution is -2.13. The topological polar surface area (TPSA) is 98.2 Å². The second-order valence-electron chi connectivity index (χ2n) is 3.78. The van der Waals surface area contributed by atoms with Gasteiger partial charge >= 0.3 is 0 Å². The summed E-state index contributed by atoms with van der Waals surface area (Å²) in [6.45, 7) is 0.641. The molecule has 2 rings (SSSR count). The van der Waals surface area contributed by atoms with E-state index in [2.05, 4.69) is 5.32 Å². The maximum Gasteiger partial charge on any atom is 0.238 e. The van der Waals surface area contributed by atoms with E-state index in [4.69, 9.17) is 10.9 Å². The first-order valence-corrected chi connectivity index (χ1v) is 7.63. The van der Waals surface area contributed by atoms with Crippen molar-refractivity contribution in [2.24, 2.45) is 5.14 Å². The van der Waals surface area contributed by atoms with E-state index in [1.54, 1.807) is 17.4 Å². The fourth-order valence-electron chi connectivity index (χ4n) is 1.47. The van der Waals surface area contributed by atoms with Gasteiger partial charge in [-0.15, -0.1) is 0 Å². The maximum atomic E-state index is 11.1. The SMILES string of the molecule is Nc1cc(S(N)(=O)=O)ccc1NCc1ccsc1.